The van der Waals surface area contributed by atoms with Crippen molar-refractivity contribution in [3.63, 3.8) is 0 Å². The lowest BCUT2D eigenvalue weighted by Gasteiger charge is -2.12. The molecule has 0 bridgehead atoms. The molecular weight excluding hydrogens is 310 g/mol. The van der Waals surface area contributed by atoms with Gasteiger partial charge in [0.2, 0.25) is 15.9 Å². The highest BCUT2D eigenvalue weighted by molar-refractivity contribution is 7.99. The first-order valence-electron chi connectivity index (χ1n) is 6.73. The third kappa shape index (κ3) is 4.90. The Morgan fingerprint density at radius 1 is 1.43 bits per heavy atom. The van der Waals surface area contributed by atoms with Gasteiger partial charge in [0.05, 0.1) is 17.5 Å². The minimum Gasteiger partial charge on any atom is -0.325 e. The Morgan fingerprint density at radius 3 is 2.86 bits per heavy atom. The fourth-order valence-corrected chi connectivity index (χ4v) is 4.02. The highest BCUT2D eigenvalue weighted by Gasteiger charge is 2.22. The van der Waals surface area contributed by atoms with E-state index in [4.69, 9.17) is 0 Å². The van der Waals surface area contributed by atoms with Crippen molar-refractivity contribution in [2.75, 3.05) is 27.4 Å². The van der Waals surface area contributed by atoms with Gasteiger partial charge in [0.15, 0.2) is 0 Å². The minimum absolute atomic E-state index is 0.0762. The van der Waals surface area contributed by atoms with Crippen LogP contribution in [0.2, 0.25) is 0 Å². The largest absolute Gasteiger partial charge is 0.325 e. The zero-order chi connectivity index (χ0) is 15.3. The van der Waals surface area contributed by atoms with E-state index >= 15 is 0 Å². The smallest absolute Gasteiger partial charge is 0.242 e. The second kappa shape index (κ2) is 7.15. The molecule has 1 aliphatic rings. The lowest BCUT2D eigenvalue weighted by Crippen LogP contribution is -2.37. The van der Waals surface area contributed by atoms with E-state index < -0.39 is 10.0 Å². The van der Waals surface area contributed by atoms with Crippen molar-refractivity contribution in [1.82, 2.24) is 5.32 Å². The number of amides is 1. The predicted molar refractivity (Wildman–Crippen MR) is 87.0 cm³/mol. The average Bonchev–Trinajstić information content (AvgIpc) is 2.92. The predicted octanol–water partition coefficient (Wildman–Crippen LogP) is 1.44. The van der Waals surface area contributed by atoms with Gasteiger partial charge in [0.1, 0.15) is 0 Å². The number of hydrogen-bond acceptors (Lipinski definition) is 5. The second-order valence-corrected chi connectivity index (χ2v) is 7.63. The summed E-state index contributed by atoms with van der Waals surface area (Å²) in [6, 6.07) is 6.52. The Bertz CT molecular complexity index is 598. The van der Waals surface area contributed by atoms with Gasteiger partial charge in [-0.2, -0.15) is 0 Å². The number of thioether (sulfide) groups is 1. The molecule has 0 saturated carbocycles. The molecule has 0 radical (unpaired) electrons. The Labute approximate surface area is 129 Å². The molecule has 0 aliphatic carbocycles. The molecule has 116 valence electrons. The van der Waals surface area contributed by atoms with Gasteiger partial charge in [-0.1, -0.05) is 13.0 Å². The van der Waals surface area contributed by atoms with Crippen LogP contribution in [0.1, 0.15) is 13.3 Å². The topological polar surface area (TPSA) is 87.3 Å². The fraction of sp³-hybridized carbons (Fsp3) is 0.462. The molecule has 1 aliphatic heterocycles. The van der Waals surface area contributed by atoms with Crippen molar-refractivity contribution in [2.45, 2.75) is 19.4 Å². The average molecular weight is 329 g/mol. The molecule has 1 heterocycles. The zero-order valence-corrected chi connectivity index (χ0v) is 13.4. The molecule has 3 N–H and O–H groups in total. The van der Waals surface area contributed by atoms with Crippen LogP contribution in [0.5, 0.6) is 0 Å². The number of carbonyl (C=O) groups is 1. The molecule has 8 heteroatoms. The Kier molecular flexibility index (Phi) is 5.49. The van der Waals surface area contributed by atoms with E-state index in [1.165, 1.54) is 0 Å². The maximum Gasteiger partial charge on any atom is 0.242 e. The molecule has 0 aromatic heterocycles. The van der Waals surface area contributed by atoms with Crippen LogP contribution in [0.25, 0.3) is 0 Å². The van der Waals surface area contributed by atoms with Gasteiger partial charge in [0, 0.05) is 17.3 Å². The van der Waals surface area contributed by atoms with Crippen molar-refractivity contribution in [1.29, 1.82) is 0 Å². The molecular formula is C13H19N3O3S2. The quantitative estimate of drug-likeness (QED) is 0.735. The van der Waals surface area contributed by atoms with Crippen LogP contribution in [0.4, 0.5) is 11.4 Å². The molecule has 1 amide bonds. The third-order valence-electron chi connectivity index (χ3n) is 2.91. The molecule has 1 atom stereocenters. The number of nitrogens with one attached hydrogen (secondary N) is 3. The van der Waals surface area contributed by atoms with Crippen LogP contribution >= 0.6 is 11.8 Å². The van der Waals surface area contributed by atoms with Crippen molar-refractivity contribution in [2.24, 2.45) is 0 Å². The first-order valence-corrected chi connectivity index (χ1v) is 9.53. The Balaban J connectivity index is 2.02. The number of hydrogen-bond donors (Lipinski definition) is 3. The van der Waals surface area contributed by atoms with Gasteiger partial charge < -0.3 is 5.32 Å². The number of benzene rings is 1. The van der Waals surface area contributed by atoms with Crippen molar-refractivity contribution < 1.29 is 13.2 Å². The molecule has 1 aromatic rings. The molecule has 1 aromatic carbocycles. The van der Waals surface area contributed by atoms with Gasteiger partial charge >= 0.3 is 0 Å². The van der Waals surface area contributed by atoms with Crippen LogP contribution in [0, 0.1) is 0 Å². The molecule has 21 heavy (non-hydrogen) atoms. The van der Waals surface area contributed by atoms with Crippen LogP contribution in [0.3, 0.4) is 0 Å². The fourth-order valence-electron chi connectivity index (χ4n) is 1.95. The first kappa shape index (κ1) is 16.1. The van der Waals surface area contributed by atoms with Crippen LogP contribution in [-0.4, -0.2) is 37.7 Å². The molecule has 1 fully saturated rings. The highest BCUT2D eigenvalue weighted by Crippen LogP contribution is 2.18. The van der Waals surface area contributed by atoms with Gasteiger partial charge in [-0.05, 0) is 24.6 Å². The Hall–Kier alpha value is -1.25. The first-order chi connectivity index (χ1) is 10.00. The van der Waals surface area contributed by atoms with Crippen molar-refractivity contribution >= 4 is 39.1 Å². The van der Waals surface area contributed by atoms with Crippen LogP contribution in [0.15, 0.2) is 24.3 Å². The zero-order valence-electron chi connectivity index (χ0n) is 11.8. The van der Waals surface area contributed by atoms with E-state index in [1.54, 1.807) is 36.0 Å². The summed E-state index contributed by atoms with van der Waals surface area (Å²) in [5.41, 5.74) is 1.03. The number of rotatable bonds is 6. The summed E-state index contributed by atoms with van der Waals surface area (Å²) in [5.74, 6) is 1.49. The van der Waals surface area contributed by atoms with Crippen LogP contribution in [-0.2, 0) is 14.8 Å². The summed E-state index contributed by atoms with van der Waals surface area (Å²) >= 11 is 1.67. The van der Waals surface area contributed by atoms with E-state index in [0.717, 1.165) is 11.6 Å². The summed E-state index contributed by atoms with van der Waals surface area (Å²) in [6.07, 6.45) is 0.552. The highest BCUT2D eigenvalue weighted by atomic mass is 32.2. The van der Waals surface area contributed by atoms with E-state index in [1.807, 2.05) is 6.92 Å². The summed E-state index contributed by atoms with van der Waals surface area (Å²) in [5, 5.41) is 5.88. The van der Waals surface area contributed by atoms with Crippen LogP contribution < -0.4 is 15.4 Å². The lowest BCUT2D eigenvalue weighted by atomic mass is 10.2. The van der Waals surface area contributed by atoms with E-state index in [2.05, 4.69) is 15.4 Å². The van der Waals surface area contributed by atoms with E-state index in [-0.39, 0.29) is 17.7 Å². The maximum atomic E-state index is 12.0. The minimum atomic E-state index is -3.32. The van der Waals surface area contributed by atoms with Gasteiger partial charge in [0.25, 0.3) is 0 Å². The summed E-state index contributed by atoms with van der Waals surface area (Å²) in [7, 11) is -3.32. The SMILES string of the molecule is CCCS(=O)(=O)Nc1cccc(NC(=O)C2CSCN2)c1. The maximum absolute atomic E-state index is 12.0. The lowest BCUT2D eigenvalue weighted by molar-refractivity contribution is -0.117. The molecule has 2 rings (SSSR count). The normalized spacial score (nSPS) is 18.4. The summed E-state index contributed by atoms with van der Waals surface area (Å²) in [6.45, 7) is 1.81. The number of anilines is 2. The van der Waals surface area contributed by atoms with E-state index in [9.17, 15) is 13.2 Å². The van der Waals surface area contributed by atoms with Gasteiger partial charge in [-0.25, -0.2) is 8.42 Å². The standard InChI is InChI=1S/C13H19N3O3S2/c1-2-6-21(18,19)16-11-5-3-4-10(7-11)15-13(17)12-8-20-9-14-12/h3-5,7,12,14,16H,2,6,8-9H2,1H3,(H,15,17). The molecule has 0 spiro atoms. The number of sulfonamides is 1. The number of carbonyl (C=O) groups excluding carboxylic acids is 1. The summed E-state index contributed by atoms with van der Waals surface area (Å²) < 4.78 is 26.0. The van der Waals surface area contributed by atoms with Crippen molar-refractivity contribution in [3.05, 3.63) is 24.3 Å². The summed E-state index contributed by atoms with van der Waals surface area (Å²) in [4.78, 5) is 12.0. The van der Waals surface area contributed by atoms with E-state index in [0.29, 0.717) is 17.8 Å². The third-order valence-corrected chi connectivity index (χ3v) is 5.34. The van der Waals surface area contributed by atoms with Gasteiger partial charge in [-0.3, -0.25) is 14.8 Å². The molecule has 6 nitrogen and oxygen atoms in total. The second-order valence-electron chi connectivity index (χ2n) is 4.76. The molecule has 1 saturated heterocycles. The van der Waals surface area contributed by atoms with Gasteiger partial charge in [-0.15, -0.1) is 11.8 Å². The monoisotopic (exact) mass is 329 g/mol. The molecule has 1 unspecified atom stereocenters. The Morgan fingerprint density at radius 2 is 2.19 bits per heavy atom. The van der Waals surface area contributed by atoms with Crippen molar-refractivity contribution in [3.8, 4) is 0 Å².